The van der Waals surface area contributed by atoms with Crippen molar-refractivity contribution in [2.24, 2.45) is 0 Å². The van der Waals surface area contributed by atoms with E-state index in [1.165, 1.54) is 6.42 Å². The lowest BCUT2D eigenvalue weighted by Crippen LogP contribution is -2.26. The summed E-state index contributed by atoms with van der Waals surface area (Å²) in [6, 6.07) is 0.259. The van der Waals surface area contributed by atoms with Crippen LogP contribution < -0.4 is 0 Å². The first-order valence-electron chi connectivity index (χ1n) is 4.95. The van der Waals surface area contributed by atoms with Gasteiger partial charge in [0.1, 0.15) is 0 Å². The molecule has 1 fully saturated rings. The molecule has 0 unspecified atom stereocenters. The van der Waals surface area contributed by atoms with Crippen LogP contribution in [0.3, 0.4) is 0 Å². The van der Waals surface area contributed by atoms with Gasteiger partial charge in [-0.3, -0.25) is 0 Å². The maximum absolute atomic E-state index is 9.78. The smallest absolute Gasteiger partial charge is 0.0952 e. The van der Waals surface area contributed by atoms with Crippen molar-refractivity contribution in [2.45, 2.75) is 44.8 Å². The van der Waals surface area contributed by atoms with Crippen LogP contribution in [0, 0.1) is 6.92 Å². The molecule has 1 aliphatic carbocycles. The van der Waals surface area contributed by atoms with Crippen LogP contribution in [0.4, 0.5) is 0 Å². The Hall–Kier alpha value is -0.830. The molecule has 72 valence electrons. The van der Waals surface area contributed by atoms with Crippen molar-refractivity contribution in [3.05, 3.63) is 18.2 Å². The minimum atomic E-state index is -0.178. The standard InChI is InChI=1S/C10H16N2O/c1-8-6-12(7-11-8)9-4-2-3-5-10(9)13/h6-7,9-10,13H,2-5H2,1H3/t9-,10-/m0/s1. The first kappa shape index (κ1) is 8.75. The van der Waals surface area contributed by atoms with Gasteiger partial charge >= 0.3 is 0 Å². The molecule has 0 saturated heterocycles. The van der Waals surface area contributed by atoms with E-state index >= 15 is 0 Å². The minimum absolute atomic E-state index is 0.178. The molecule has 1 heterocycles. The molecule has 13 heavy (non-hydrogen) atoms. The van der Waals surface area contributed by atoms with E-state index in [0.29, 0.717) is 0 Å². The summed E-state index contributed by atoms with van der Waals surface area (Å²) in [6.07, 6.45) is 8.05. The number of aryl methyl sites for hydroxylation is 1. The number of hydrogen-bond acceptors (Lipinski definition) is 2. The largest absolute Gasteiger partial charge is 0.391 e. The van der Waals surface area contributed by atoms with Crippen molar-refractivity contribution in [3.63, 3.8) is 0 Å². The monoisotopic (exact) mass is 180 g/mol. The molecule has 0 radical (unpaired) electrons. The van der Waals surface area contributed by atoms with Crippen molar-refractivity contribution < 1.29 is 5.11 Å². The molecule has 1 N–H and O–H groups in total. The van der Waals surface area contributed by atoms with Crippen molar-refractivity contribution in [3.8, 4) is 0 Å². The fraction of sp³-hybridized carbons (Fsp3) is 0.700. The second-order valence-corrected chi connectivity index (χ2v) is 3.88. The highest BCUT2D eigenvalue weighted by Gasteiger charge is 2.23. The van der Waals surface area contributed by atoms with Crippen LogP contribution in [0.25, 0.3) is 0 Å². The van der Waals surface area contributed by atoms with E-state index in [0.717, 1.165) is 25.0 Å². The van der Waals surface area contributed by atoms with Crippen molar-refractivity contribution in [1.82, 2.24) is 9.55 Å². The molecule has 1 aliphatic rings. The zero-order valence-corrected chi connectivity index (χ0v) is 7.98. The van der Waals surface area contributed by atoms with Gasteiger partial charge in [-0.15, -0.1) is 0 Å². The average molecular weight is 180 g/mol. The van der Waals surface area contributed by atoms with Crippen LogP contribution in [0.15, 0.2) is 12.5 Å². The molecular weight excluding hydrogens is 164 g/mol. The molecule has 0 aliphatic heterocycles. The van der Waals surface area contributed by atoms with Crippen LogP contribution in [0.2, 0.25) is 0 Å². The summed E-state index contributed by atoms with van der Waals surface area (Å²) in [7, 11) is 0. The Morgan fingerprint density at radius 2 is 2.23 bits per heavy atom. The number of aliphatic hydroxyl groups is 1. The van der Waals surface area contributed by atoms with E-state index in [4.69, 9.17) is 0 Å². The molecule has 0 spiro atoms. The van der Waals surface area contributed by atoms with E-state index in [1.54, 1.807) is 0 Å². The zero-order valence-electron chi connectivity index (χ0n) is 7.98. The number of imidazole rings is 1. The number of rotatable bonds is 1. The topological polar surface area (TPSA) is 38.0 Å². The predicted octanol–water partition coefficient (Wildman–Crippen LogP) is 1.67. The summed E-state index contributed by atoms with van der Waals surface area (Å²) in [5, 5.41) is 9.78. The fourth-order valence-corrected chi connectivity index (χ4v) is 2.06. The summed E-state index contributed by atoms with van der Waals surface area (Å²) in [6.45, 7) is 1.98. The van der Waals surface area contributed by atoms with Gasteiger partial charge < -0.3 is 9.67 Å². The minimum Gasteiger partial charge on any atom is -0.391 e. The maximum atomic E-state index is 9.78. The number of aromatic nitrogens is 2. The first-order valence-corrected chi connectivity index (χ1v) is 4.95. The van der Waals surface area contributed by atoms with Crippen LogP contribution in [0.1, 0.15) is 37.4 Å². The van der Waals surface area contributed by atoms with Gasteiger partial charge in [-0.2, -0.15) is 0 Å². The van der Waals surface area contributed by atoms with Crippen LogP contribution in [0.5, 0.6) is 0 Å². The van der Waals surface area contributed by atoms with Crippen LogP contribution >= 0.6 is 0 Å². The van der Waals surface area contributed by atoms with Crippen molar-refractivity contribution in [2.75, 3.05) is 0 Å². The molecule has 3 nitrogen and oxygen atoms in total. The average Bonchev–Trinajstić information content (AvgIpc) is 2.53. The lowest BCUT2D eigenvalue weighted by Gasteiger charge is -2.28. The Kier molecular flexibility index (Phi) is 2.36. The van der Waals surface area contributed by atoms with Gasteiger partial charge in [-0.25, -0.2) is 4.98 Å². The molecule has 2 atom stereocenters. The quantitative estimate of drug-likeness (QED) is 0.713. The molecule has 0 amide bonds. The van der Waals surface area contributed by atoms with Crippen LogP contribution in [-0.2, 0) is 0 Å². The zero-order chi connectivity index (χ0) is 9.26. The van der Waals surface area contributed by atoms with Crippen molar-refractivity contribution in [1.29, 1.82) is 0 Å². The second-order valence-electron chi connectivity index (χ2n) is 3.88. The van der Waals surface area contributed by atoms with E-state index in [9.17, 15) is 5.11 Å². The first-order chi connectivity index (χ1) is 6.27. The molecular formula is C10H16N2O. The van der Waals surface area contributed by atoms with E-state index in [2.05, 4.69) is 9.55 Å². The SMILES string of the molecule is Cc1cn([C@H]2CCCC[C@@H]2O)cn1. The van der Waals surface area contributed by atoms with E-state index < -0.39 is 0 Å². The van der Waals surface area contributed by atoms with Gasteiger partial charge in [0.25, 0.3) is 0 Å². The van der Waals surface area contributed by atoms with E-state index in [-0.39, 0.29) is 12.1 Å². The molecule has 2 rings (SSSR count). The number of nitrogens with zero attached hydrogens (tertiary/aromatic N) is 2. The Bertz CT molecular complexity index is 282. The molecule has 3 heteroatoms. The lowest BCUT2D eigenvalue weighted by atomic mass is 9.92. The Labute approximate surface area is 78.4 Å². The molecule has 1 saturated carbocycles. The summed E-state index contributed by atoms with van der Waals surface area (Å²) < 4.78 is 2.05. The highest BCUT2D eigenvalue weighted by molar-refractivity contribution is 4.96. The summed E-state index contributed by atoms with van der Waals surface area (Å²) in [4.78, 5) is 4.18. The number of hydrogen-bond donors (Lipinski definition) is 1. The second kappa shape index (κ2) is 3.50. The maximum Gasteiger partial charge on any atom is 0.0952 e. The van der Waals surface area contributed by atoms with Gasteiger partial charge in [-0.05, 0) is 19.8 Å². The highest BCUT2D eigenvalue weighted by atomic mass is 16.3. The van der Waals surface area contributed by atoms with Crippen molar-refractivity contribution >= 4 is 0 Å². The normalized spacial score (nSPS) is 29.1. The molecule has 0 bridgehead atoms. The Balaban J connectivity index is 2.14. The van der Waals surface area contributed by atoms with Gasteiger partial charge in [0.15, 0.2) is 0 Å². The highest BCUT2D eigenvalue weighted by Crippen LogP contribution is 2.28. The Morgan fingerprint density at radius 1 is 1.46 bits per heavy atom. The fourth-order valence-electron chi connectivity index (χ4n) is 2.06. The Morgan fingerprint density at radius 3 is 2.85 bits per heavy atom. The molecule has 1 aromatic heterocycles. The lowest BCUT2D eigenvalue weighted by molar-refractivity contribution is 0.0754. The summed E-state index contributed by atoms with van der Waals surface area (Å²) in [5.74, 6) is 0. The molecule has 0 aromatic carbocycles. The van der Waals surface area contributed by atoms with E-state index in [1.807, 2.05) is 19.4 Å². The summed E-state index contributed by atoms with van der Waals surface area (Å²) in [5.41, 5.74) is 1.03. The van der Waals surface area contributed by atoms with Gasteiger partial charge in [-0.1, -0.05) is 12.8 Å². The number of aliphatic hydroxyl groups excluding tert-OH is 1. The third-order valence-electron chi connectivity index (χ3n) is 2.81. The van der Waals surface area contributed by atoms with Crippen LogP contribution in [-0.4, -0.2) is 20.8 Å². The third kappa shape index (κ3) is 1.75. The van der Waals surface area contributed by atoms with Gasteiger partial charge in [0, 0.05) is 6.20 Å². The molecule has 1 aromatic rings. The van der Waals surface area contributed by atoms with Gasteiger partial charge in [0.05, 0.1) is 24.2 Å². The summed E-state index contributed by atoms with van der Waals surface area (Å²) >= 11 is 0. The third-order valence-corrected chi connectivity index (χ3v) is 2.81. The predicted molar refractivity (Wildman–Crippen MR) is 50.5 cm³/mol. The van der Waals surface area contributed by atoms with Gasteiger partial charge in [0.2, 0.25) is 0 Å².